The Bertz CT molecular complexity index is 251. The minimum atomic E-state index is -0.169. The monoisotopic (exact) mass is 241 g/mol. The normalized spacial score (nSPS) is 9.76. The molecule has 0 radical (unpaired) electrons. The van der Waals surface area contributed by atoms with E-state index in [2.05, 4.69) is 6.58 Å². The summed E-state index contributed by atoms with van der Waals surface area (Å²) in [5.41, 5.74) is 0. The Morgan fingerprint density at radius 2 is 1.94 bits per heavy atom. The van der Waals surface area contributed by atoms with Gasteiger partial charge in [-0.05, 0) is 25.3 Å². The van der Waals surface area contributed by atoms with Crippen molar-refractivity contribution in [2.75, 3.05) is 19.7 Å². The fourth-order valence-corrected chi connectivity index (χ4v) is 1.42. The van der Waals surface area contributed by atoms with Gasteiger partial charge < -0.3 is 9.64 Å². The topological polar surface area (TPSA) is 46.6 Å². The van der Waals surface area contributed by atoms with Crippen LogP contribution in [0, 0.1) is 0 Å². The van der Waals surface area contributed by atoms with E-state index in [0.717, 1.165) is 25.8 Å². The van der Waals surface area contributed by atoms with Crippen molar-refractivity contribution in [3.63, 3.8) is 0 Å². The third kappa shape index (κ3) is 7.55. The van der Waals surface area contributed by atoms with Crippen molar-refractivity contribution < 1.29 is 14.3 Å². The number of carbonyl (C=O) groups excluding carboxylic acids is 2. The molecule has 0 atom stereocenters. The second kappa shape index (κ2) is 9.87. The maximum atomic E-state index is 11.4. The third-order valence-corrected chi connectivity index (χ3v) is 2.35. The Kier molecular flexibility index (Phi) is 9.11. The van der Waals surface area contributed by atoms with E-state index >= 15 is 0 Å². The molecule has 4 nitrogen and oxygen atoms in total. The number of rotatable bonds is 9. The van der Waals surface area contributed by atoms with Crippen LogP contribution in [0.3, 0.4) is 0 Å². The number of ether oxygens (including phenoxy) is 1. The first-order valence-electron chi connectivity index (χ1n) is 6.22. The molecule has 0 aliphatic heterocycles. The first-order valence-corrected chi connectivity index (χ1v) is 6.22. The number of nitrogens with zero attached hydrogens (tertiary/aromatic N) is 1. The highest BCUT2D eigenvalue weighted by molar-refractivity contribution is 5.86. The highest BCUT2D eigenvalue weighted by Gasteiger charge is 2.08. The van der Waals surface area contributed by atoms with E-state index in [4.69, 9.17) is 4.74 Å². The summed E-state index contributed by atoms with van der Waals surface area (Å²) in [6.07, 6.45) is 4.32. The lowest BCUT2D eigenvalue weighted by Crippen LogP contribution is -2.31. The molecule has 0 aromatic rings. The van der Waals surface area contributed by atoms with Crippen molar-refractivity contribution in [1.29, 1.82) is 0 Å². The van der Waals surface area contributed by atoms with Crippen molar-refractivity contribution in [3.05, 3.63) is 12.7 Å². The Balaban J connectivity index is 3.71. The fraction of sp³-hybridized carbons (Fsp3) is 0.692. The van der Waals surface area contributed by atoms with Gasteiger partial charge in [0.25, 0.3) is 0 Å². The van der Waals surface area contributed by atoms with Gasteiger partial charge in [0.15, 0.2) is 0 Å². The van der Waals surface area contributed by atoms with Crippen molar-refractivity contribution in [1.82, 2.24) is 4.90 Å². The largest absolute Gasteiger partial charge is 0.466 e. The zero-order valence-corrected chi connectivity index (χ0v) is 10.9. The minimum absolute atomic E-state index is 0.0302. The zero-order valence-electron chi connectivity index (χ0n) is 10.9. The number of amides is 1. The molecule has 0 unspecified atom stereocenters. The van der Waals surface area contributed by atoms with Crippen LogP contribution in [0.2, 0.25) is 0 Å². The van der Waals surface area contributed by atoms with Gasteiger partial charge in [-0.2, -0.15) is 0 Å². The molecule has 0 bridgehead atoms. The zero-order chi connectivity index (χ0) is 13.1. The first kappa shape index (κ1) is 15.7. The van der Waals surface area contributed by atoms with Gasteiger partial charge in [0.1, 0.15) is 0 Å². The Labute approximate surface area is 104 Å². The predicted molar refractivity (Wildman–Crippen MR) is 67.6 cm³/mol. The summed E-state index contributed by atoms with van der Waals surface area (Å²) in [5, 5.41) is 0. The van der Waals surface area contributed by atoms with Gasteiger partial charge in [0.2, 0.25) is 5.91 Å². The molecule has 0 spiro atoms. The molecule has 0 saturated heterocycles. The summed E-state index contributed by atoms with van der Waals surface area (Å²) in [4.78, 5) is 24.1. The lowest BCUT2D eigenvalue weighted by molar-refractivity contribution is -0.143. The molecular weight excluding hydrogens is 218 g/mol. The molecule has 0 N–H and O–H groups in total. The smallest absolute Gasteiger partial charge is 0.305 e. The summed E-state index contributed by atoms with van der Waals surface area (Å²) < 4.78 is 4.96. The molecule has 98 valence electrons. The molecule has 0 rings (SSSR count). The van der Waals surface area contributed by atoms with Gasteiger partial charge in [-0.1, -0.05) is 20.4 Å². The van der Waals surface area contributed by atoms with E-state index in [-0.39, 0.29) is 11.9 Å². The van der Waals surface area contributed by atoms with Gasteiger partial charge in [0.05, 0.1) is 6.61 Å². The molecule has 1 amide bonds. The van der Waals surface area contributed by atoms with Crippen molar-refractivity contribution in [3.8, 4) is 0 Å². The van der Waals surface area contributed by atoms with Crippen LogP contribution < -0.4 is 0 Å². The molecule has 0 aliphatic carbocycles. The highest BCUT2D eigenvalue weighted by atomic mass is 16.5. The van der Waals surface area contributed by atoms with Crippen molar-refractivity contribution in [2.24, 2.45) is 0 Å². The van der Waals surface area contributed by atoms with E-state index in [1.807, 2.05) is 6.92 Å². The van der Waals surface area contributed by atoms with Crippen LogP contribution in [0.1, 0.15) is 39.5 Å². The molecule has 0 aromatic carbocycles. The van der Waals surface area contributed by atoms with E-state index in [9.17, 15) is 9.59 Å². The van der Waals surface area contributed by atoms with Gasteiger partial charge in [-0.25, -0.2) is 0 Å². The molecular formula is C13H23NO3. The fourth-order valence-electron chi connectivity index (χ4n) is 1.42. The summed E-state index contributed by atoms with van der Waals surface area (Å²) in [7, 11) is 0. The molecule has 0 fully saturated rings. The van der Waals surface area contributed by atoms with Crippen molar-refractivity contribution >= 4 is 11.9 Å². The molecule has 0 aromatic heterocycles. The summed E-state index contributed by atoms with van der Waals surface area (Å²) >= 11 is 0. The van der Waals surface area contributed by atoms with Gasteiger partial charge in [-0.3, -0.25) is 9.59 Å². The summed E-state index contributed by atoms with van der Waals surface area (Å²) in [5.74, 6) is -0.199. The van der Waals surface area contributed by atoms with Crippen LogP contribution in [-0.2, 0) is 14.3 Å². The maximum Gasteiger partial charge on any atom is 0.305 e. The lowest BCUT2D eigenvalue weighted by Gasteiger charge is -2.20. The van der Waals surface area contributed by atoms with Crippen LogP contribution in [0.25, 0.3) is 0 Å². The first-order chi connectivity index (χ1) is 8.15. The second-order valence-electron chi connectivity index (χ2n) is 3.81. The standard InChI is InChI=1S/C13H23NO3/c1-4-9-14(12(15)5-2)10-7-8-11-17-13(16)6-3/h5H,2,4,6-11H2,1,3H3. The van der Waals surface area contributed by atoms with Crippen LogP contribution >= 0.6 is 0 Å². The van der Waals surface area contributed by atoms with E-state index in [1.54, 1.807) is 11.8 Å². The van der Waals surface area contributed by atoms with Crippen LogP contribution in [0.4, 0.5) is 0 Å². The molecule has 0 aliphatic rings. The maximum absolute atomic E-state index is 11.4. The Morgan fingerprint density at radius 1 is 1.24 bits per heavy atom. The van der Waals surface area contributed by atoms with Crippen molar-refractivity contribution in [2.45, 2.75) is 39.5 Å². The summed E-state index contributed by atoms with van der Waals surface area (Å²) in [6, 6.07) is 0. The number of unbranched alkanes of at least 4 members (excludes halogenated alkanes) is 1. The van der Waals surface area contributed by atoms with E-state index in [0.29, 0.717) is 19.6 Å². The van der Waals surface area contributed by atoms with E-state index < -0.39 is 0 Å². The molecule has 0 heterocycles. The van der Waals surface area contributed by atoms with Gasteiger partial charge in [0, 0.05) is 19.5 Å². The van der Waals surface area contributed by atoms with Crippen LogP contribution in [-0.4, -0.2) is 36.5 Å². The Hall–Kier alpha value is -1.32. The minimum Gasteiger partial charge on any atom is -0.466 e. The predicted octanol–water partition coefficient (Wildman–Crippen LogP) is 2.14. The number of carbonyl (C=O) groups is 2. The highest BCUT2D eigenvalue weighted by Crippen LogP contribution is 2.00. The second-order valence-corrected chi connectivity index (χ2v) is 3.81. The molecule has 0 saturated carbocycles. The van der Waals surface area contributed by atoms with Gasteiger partial charge in [-0.15, -0.1) is 0 Å². The number of hydrogen-bond donors (Lipinski definition) is 0. The van der Waals surface area contributed by atoms with Crippen LogP contribution in [0.5, 0.6) is 0 Å². The number of esters is 1. The SMILES string of the molecule is C=CC(=O)N(CCC)CCCCOC(=O)CC. The third-order valence-electron chi connectivity index (χ3n) is 2.35. The average Bonchev–Trinajstić information content (AvgIpc) is 2.35. The molecule has 17 heavy (non-hydrogen) atoms. The average molecular weight is 241 g/mol. The van der Waals surface area contributed by atoms with Gasteiger partial charge >= 0.3 is 5.97 Å². The quantitative estimate of drug-likeness (QED) is 0.353. The van der Waals surface area contributed by atoms with E-state index in [1.165, 1.54) is 6.08 Å². The lowest BCUT2D eigenvalue weighted by atomic mass is 10.3. The summed E-state index contributed by atoms with van der Waals surface area (Å²) in [6.45, 7) is 9.17. The number of hydrogen-bond acceptors (Lipinski definition) is 3. The Morgan fingerprint density at radius 3 is 2.47 bits per heavy atom. The molecule has 4 heteroatoms. The van der Waals surface area contributed by atoms with Crippen LogP contribution in [0.15, 0.2) is 12.7 Å².